The molecule has 0 spiro atoms. The summed E-state index contributed by atoms with van der Waals surface area (Å²) in [5, 5.41) is 0.575. The Hall–Kier alpha value is -3.37. The first kappa shape index (κ1) is 33.1. The Labute approximate surface area is 285 Å². The molecule has 2 saturated heterocycles. The number of amides is 2. The van der Waals surface area contributed by atoms with Gasteiger partial charge in [-0.2, -0.15) is 0 Å². The monoisotopic (exact) mass is 674 g/mol. The van der Waals surface area contributed by atoms with Crippen molar-refractivity contribution in [1.82, 2.24) is 19.1 Å². The molecular weight excluding hydrogens is 625 g/mol. The van der Waals surface area contributed by atoms with Crippen LogP contribution in [0.25, 0.3) is 22.2 Å². The smallest absolute Gasteiger partial charge is 0.264 e. The molecular formula is C38H50N4O5S. The van der Waals surface area contributed by atoms with Crippen molar-refractivity contribution in [3.8, 4) is 17.0 Å². The minimum absolute atomic E-state index is 0.150. The van der Waals surface area contributed by atoms with Crippen molar-refractivity contribution in [1.29, 1.82) is 0 Å². The van der Waals surface area contributed by atoms with Gasteiger partial charge in [-0.25, -0.2) is 13.1 Å². The lowest BCUT2D eigenvalue weighted by atomic mass is 9.81. The number of nitrogens with one attached hydrogen (secondary N) is 1. The summed E-state index contributed by atoms with van der Waals surface area (Å²) in [7, 11) is -2.03. The van der Waals surface area contributed by atoms with Gasteiger partial charge < -0.3 is 14.2 Å². The third-order valence-corrected chi connectivity index (χ3v) is 13.1. The van der Waals surface area contributed by atoms with Gasteiger partial charge in [-0.05, 0) is 113 Å². The number of rotatable bonds is 9. The zero-order valence-corrected chi connectivity index (χ0v) is 29.7. The van der Waals surface area contributed by atoms with Crippen LogP contribution in [0.4, 0.5) is 0 Å². The van der Waals surface area contributed by atoms with E-state index >= 15 is 0 Å². The maximum absolute atomic E-state index is 14.4. The van der Waals surface area contributed by atoms with Gasteiger partial charge in [0.15, 0.2) is 0 Å². The maximum Gasteiger partial charge on any atom is 0.264 e. The lowest BCUT2D eigenvalue weighted by molar-refractivity contribution is -0.143. The fraction of sp³-hybridized carbons (Fsp3) is 0.579. The highest BCUT2D eigenvalue weighted by Gasteiger charge is 2.40. The minimum atomic E-state index is -3.70. The number of hydrogen-bond acceptors (Lipinski definition) is 6. The number of carbonyl (C=O) groups excluding carboxylic acids is 2. The maximum atomic E-state index is 14.4. The van der Waals surface area contributed by atoms with E-state index in [0.29, 0.717) is 36.9 Å². The van der Waals surface area contributed by atoms with E-state index in [2.05, 4.69) is 38.1 Å². The van der Waals surface area contributed by atoms with E-state index in [0.717, 1.165) is 91.8 Å². The van der Waals surface area contributed by atoms with Crippen LogP contribution in [0.5, 0.6) is 5.75 Å². The number of benzene rings is 2. The van der Waals surface area contributed by atoms with Crippen LogP contribution in [0.3, 0.4) is 0 Å². The summed E-state index contributed by atoms with van der Waals surface area (Å²) in [4.78, 5) is 32.4. The molecule has 4 fully saturated rings. The Bertz CT molecular complexity index is 1840. The number of ether oxygens (including phenoxy) is 1. The second kappa shape index (κ2) is 12.8. The second-order valence-electron chi connectivity index (χ2n) is 15.2. The average molecular weight is 675 g/mol. The van der Waals surface area contributed by atoms with Crippen LogP contribution in [0.2, 0.25) is 0 Å². The molecule has 48 heavy (non-hydrogen) atoms. The zero-order chi connectivity index (χ0) is 33.8. The van der Waals surface area contributed by atoms with Crippen LogP contribution < -0.4 is 9.46 Å². The molecule has 4 aliphatic rings. The summed E-state index contributed by atoms with van der Waals surface area (Å²) < 4.78 is 35.6. The molecule has 10 heteroatoms. The normalized spacial score (nSPS) is 21.0. The van der Waals surface area contributed by atoms with E-state index < -0.39 is 26.6 Å². The summed E-state index contributed by atoms with van der Waals surface area (Å²) in [6, 6.07) is 12.2. The van der Waals surface area contributed by atoms with Gasteiger partial charge in [0.2, 0.25) is 15.9 Å². The van der Waals surface area contributed by atoms with E-state index in [4.69, 9.17) is 4.74 Å². The standard InChI is InChI=1S/C38H50N4O5S/c1-25-21-29(47-4)13-17-31(25)35-34(26-9-6-5-7-10-26)32-16-12-27(36(43)39-48(45,46)30-14-15-30)22-33(32)42(35)24-38(2,3)37(44)41-20-19-40-18-8-11-28(40)23-41/h12-13,16-17,21-22,26,28,30H,5-11,14-15,18-20,23-24H2,1-4H3,(H,39,43)/t28-/m0/s1. The van der Waals surface area contributed by atoms with Crippen LogP contribution in [-0.2, 0) is 21.4 Å². The van der Waals surface area contributed by atoms with Gasteiger partial charge in [-0.3, -0.25) is 14.5 Å². The van der Waals surface area contributed by atoms with Crippen molar-refractivity contribution in [3.05, 3.63) is 53.1 Å². The van der Waals surface area contributed by atoms with Crippen LogP contribution in [0.1, 0.15) is 99.0 Å². The van der Waals surface area contributed by atoms with Crippen LogP contribution in [0.15, 0.2) is 36.4 Å². The summed E-state index contributed by atoms with van der Waals surface area (Å²) >= 11 is 0. The Morgan fingerprint density at radius 3 is 2.42 bits per heavy atom. The first-order valence-electron chi connectivity index (χ1n) is 17.9. The minimum Gasteiger partial charge on any atom is -0.497 e. The van der Waals surface area contributed by atoms with Gasteiger partial charge in [0.25, 0.3) is 5.91 Å². The molecule has 1 N–H and O–H groups in total. The average Bonchev–Trinajstić information content (AvgIpc) is 3.77. The molecule has 2 aromatic carbocycles. The Morgan fingerprint density at radius 2 is 1.71 bits per heavy atom. The van der Waals surface area contributed by atoms with Crippen molar-refractivity contribution in [3.63, 3.8) is 0 Å². The van der Waals surface area contributed by atoms with Crippen molar-refractivity contribution in [2.24, 2.45) is 5.41 Å². The van der Waals surface area contributed by atoms with E-state index in [1.165, 1.54) is 18.4 Å². The molecule has 2 amide bonds. The zero-order valence-electron chi connectivity index (χ0n) is 28.9. The SMILES string of the molecule is COc1ccc(-c2c(C3CCCCC3)c3ccc(C(=O)NS(=O)(=O)C4CC4)cc3n2CC(C)(C)C(=O)N2CCN3CCC[C@H]3C2)c(C)c1. The van der Waals surface area contributed by atoms with Crippen molar-refractivity contribution in [2.75, 3.05) is 33.3 Å². The van der Waals surface area contributed by atoms with Gasteiger partial charge in [-0.15, -0.1) is 0 Å². The number of carbonyl (C=O) groups is 2. The Balaban J connectivity index is 1.36. The molecule has 9 nitrogen and oxygen atoms in total. The lowest BCUT2D eigenvalue weighted by Gasteiger charge is -2.41. The van der Waals surface area contributed by atoms with Crippen molar-refractivity contribution in [2.45, 2.75) is 102 Å². The molecule has 7 rings (SSSR count). The first-order valence-corrected chi connectivity index (χ1v) is 19.4. The number of methoxy groups -OCH3 is 1. The van der Waals surface area contributed by atoms with Crippen LogP contribution >= 0.6 is 0 Å². The number of aromatic nitrogens is 1. The fourth-order valence-corrected chi connectivity index (χ4v) is 9.82. The molecule has 2 saturated carbocycles. The van der Waals surface area contributed by atoms with E-state index in [-0.39, 0.29) is 5.91 Å². The number of nitrogens with zero attached hydrogens (tertiary/aromatic N) is 3. The van der Waals surface area contributed by atoms with Gasteiger partial charge in [0.1, 0.15) is 5.75 Å². The number of piperazine rings is 1. The van der Waals surface area contributed by atoms with Gasteiger partial charge in [-0.1, -0.05) is 25.3 Å². The molecule has 2 aliphatic heterocycles. The van der Waals surface area contributed by atoms with Crippen LogP contribution in [-0.4, -0.2) is 79.2 Å². The number of hydrogen-bond donors (Lipinski definition) is 1. The molecule has 0 radical (unpaired) electrons. The molecule has 3 heterocycles. The number of fused-ring (bicyclic) bond motifs is 2. The topological polar surface area (TPSA) is 101 Å². The number of aryl methyl sites for hydroxylation is 1. The fourth-order valence-electron chi connectivity index (χ4n) is 8.52. The molecule has 1 aromatic heterocycles. The molecule has 2 aliphatic carbocycles. The largest absolute Gasteiger partial charge is 0.497 e. The van der Waals surface area contributed by atoms with Crippen molar-refractivity contribution < 1.29 is 22.7 Å². The molecule has 0 bridgehead atoms. The number of sulfonamides is 1. The van der Waals surface area contributed by atoms with E-state index in [9.17, 15) is 18.0 Å². The quantitative estimate of drug-likeness (QED) is 0.289. The van der Waals surface area contributed by atoms with Gasteiger partial charge >= 0.3 is 0 Å². The summed E-state index contributed by atoms with van der Waals surface area (Å²) in [6.07, 6.45) is 9.20. The Kier molecular flexibility index (Phi) is 8.85. The molecule has 1 atom stereocenters. The predicted molar refractivity (Wildman–Crippen MR) is 189 cm³/mol. The highest BCUT2D eigenvalue weighted by molar-refractivity contribution is 7.91. The van der Waals surface area contributed by atoms with Gasteiger partial charge in [0.05, 0.1) is 23.5 Å². The summed E-state index contributed by atoms with van der Waals surface area (Å²) in [5.74, 6) is 0.665. The molecule has 0 unspecified atom stereocenters. The van der Waals surface area contributed by atoms with Gasteiger partial charge in [0, 0.05) is 54.3 Å². The molecule has 3 aromatic rings. The highest BCUT2D eigenvalue weighted by atomic mass is 32.2. The molecule has 258 valence electrons. The Morgan fingerprint density at radius 1 is 0.938 bits per heavy atom. The summed E-state index contributed by atoms with van der Waals surface area (Å²) in [5.41, 5.74) is 4.93. The first-order chi connectivity index (χ1) is 23.0. The van der Waals surface area contributed by atoms with E-state index in [1.807, 2.05) is 32.0 Å². The third-order valence-electron chi connectivity index (χ3n) is 11.3. The second-order valence-corrected chi connectivity index (χ2v) is 17.2. The van der Waals surface area contributed by atoms with Crippen LogP contribution in [0, 0.1) is 12.3 Å². The predicted octanol–water partition coefficient (Wildman–Crippen LogP) is 6.23. The lowest BCUT2D eigenvalue weighted by Crippen LogP contribution is -2.55. The third kappa shape index (κ3) is 6.26. The van der Waals surface area contributed by atoms with Crippen molar-refractivity contribution >= 4 is 32.7 Å². The summed E-state index contributed by atoms with van der Waals surface area (Å²) in [6.45, 7) is 10.2. The van der Waals surface area contributed by atoms with E-state index in [1.54, 1.807) is 13.2 Å². The highest BCUT2D eigenvalue weighted by Crippen LogP contribution is 2.46.